The summed E-state index contributed by atoms with van der Waals surface area (Å²) in [5, 5.41) is 0. The number of nitrogens with zero attached hydrogens (tertiary/aromatic N) is 4. The first-order valence-corrected chi connectivity index (χ1v) is 9.21. The molecule has 5 heteroatoms. The molecule has 0 bridgehead atoms. The predicted molar refractivity (Wildman–Crippen MR) is 97.8 cm³/mol. The third-order valence-electron chi connectivity index (χ3n) is 5.30. The summed E-state index contributed by atoms with van der Waals surface area (Å²) in [5.41, 5.74) is 3.00. The molecule has 3 heterocycles. The topological polar surface area (TPSA) is 49.3 Å². The number of amides is 1. The number of aromatic nitrogens is 2. The Morgan fingerprint density at radius 1 is 1.00 bits per heavy atom. The normalized spacial score (nSPS) is 20.7. The molecule has 0 radical (unpaired) electrons. The van der Waals surface area contributed by atoms with Gasteiger partial charge in [0, 0.05) is 61.9 Å². The van der Waals surface area contributed by atoms with E-state index in [0.717, 1.165) is 50.3 Å². The molecule has 2 aromatic rings. The average Bonchev–Trinajstić information content (AvgIpc) is 3.23. The molecule has 25 heavy (non-hydrogen) atoms. The van der Waals surface area contributed by atoms with Crippen LogP contribution in [0.1, 0.15) is 47.7 Å². The lowest BCUT2D eigenvalue weighted by Gasteiger charge is -2.32. The average molecular weight is 336 g/mol. The number of carbonyl (C=O) groups is 1. The number of piperidine rings is 1. The summed E-state index contributed by atoms with van der Waals surface area (Å²) in [4.78, 5) is 25.8. The molecule has 0 N–H and O–H groups in total. The molecule has 0 spiro atoms. The number of hydrogen-bond donors (Lipinski definition) is 0. The highest BCUT2D eigenvalue weighted by Gasteiger charge is 2.26. The van der Waals surface area contributed by atoms with Crippen LogP contribution in [0, 0.1) is 0 Å². The minimum atomic E-state index is 0.126. The van der Waals surface area contributed by atoms with Gasteiger partial charge in [-0.2, -0.15) is 0 Å². The predicted octanol–water partition coefficient (Wildman–Crippen LogP) is 3.10. The summed E-state index contributed by atoms with van der Waals surface area (Å²) >= 11 is 0. The van der Waals surface area contributed by atoms with Gasteiger partial charge in [0.05, 0.1) is 5.69 Å². The van der Waals surface area contributed by atoms with Gasteiger partial charge in [0.25, 0.3) is 5.91 Å². The zero-order valence-electron chi connectivity index (χ0n) is 14.5. The van der Waals surface area contributed by atoms with Gasteiger partial charge < -0.3 is 9.80 Å². The van der Waals surface area contributed by atoms with Crippen molar-refractivity contribution in [1.29, 1.82) is 0 Å². The lowest BCUT2D eigenvalue weighted by Crippen LogP contribution is -2.39. The van der Waals surface area contributed by atoms with Crippen molar-refractivity contribution in [2.24, 2.45) is 0 Å². The Morgan fingerprint density at radius 2 is 1.80 bits per heavy atom. The van der Waals surface area contributed by atoms with Crippen LogP contribution >= 0.6 is 0 Å². The molecule has 1 aromatic carbocycles. The SMILES string of the molecule is O=C(c1ccc(N2CCCC2)cc1)N1CCCC(c2cnccn2)C1. The molecule has 1 amide bonds. The number of benzene rings is 1. The molecule has 130 valence electrons. The van der Waals surface area contributed by atoms with Crippen LogP contribution < -0.4 is 4.90 Å². The number of hydrogen-bond acceptors (Lipinski definition) is 4. The van der Waals surface area contributed by atoms with E-state index in [4.69, 9.17) is 0 Å². The largest absolute Gasteiger partial charge is 0.372 e. The molecule has 1 aromatic heterocycles. The summed E-state index contributed by atoms with van der Waals surface area (Å²) < 4.78 is 0. The van der Waals surface area contributed by atoms with Crippen LogP contribution in [0.5, 0.6) is 0 Å². The Balaban J connectivity index is 1.44. The van der Waals surface area contributed by atoms with Crippen LogP contribution in [-0.4, -0.2) is 47.0 Å². The van der Waals surface area contributed by atoms with Crippen molar-refractivity contribution in [3.05, 3.63) is 54.1 Å². The Hall–Kier alpha value is -2.43. The molecule has 0 aliphatic carbocycles. The third kappa shape index (κ3) is 3.50. The fraction of sp³-hybridized carbons (Fsp3) is 0.450. The summed E-state index contributed by atoms with van der Waals surface area (Å²) in [5.74, 6) is 0.414. The summed E-state index contributed by atoms with van der Waals surface area (Å²) in [6.45, 7) is 3.80. The molecular weight excluding hydrogens is 312 g/mol. The van der Waals surface area contributed by atoms with Gasteiger partial charge in [-0.05, 0) is 49.9 Å². The minimum absolute atomic E-state index is 0.126. The van der Waals surface area contributed by atoms with Gasteiger partial charge in [-0.25, -0.2) is 0 Å². The monoisotopic (exact) mass is 336 g/mol. The summed E-state index contributed by atoms with van der Waals surface area (Å²) in [6, 6.07) is 8.12. The number of rotatable bonds is 3. The highest BCUT2D eigenvalue weighted by molar-refractivity contribution is 5.94. The molecule has 5 nitrogen and oxygen atoms in total. The molecule has 0 saturated carbocycles. The first-order valence-electron chi connectivity index (χ1n) is 9.21. The standard InChI is InChI=1S/C20H24N4O/c25-20(16-5-7-18(8-6-16)23-11-1-2-12-23)24-13-3-4-17(15-24)19-14-21-9-10-22-19/h5-10,14,17H,1-4,11-13,15H2. The Bertz CT molecular complexity index is 710. The second-order valence-corrected chi connectivity index (χ2v) is 6.96. The molecule has 1 atom stereocenters. The van der Waals surface area contributed by atoms with Crippen molar-refractivity contribution in [2.45, 2.75) is 31.6 Å². The van der Waals surface area contributed by atoms with E-state index in [1.165, 1.54) is 18.5 Å². The van der Waals surface area contributed by atoms with Crippen LogP contribution in [0.4, 0.5) is 5.69 Å². The zero-order chi connectivity index (χ0) is 17.1. The van der Waals surface area contributed by atoms with E-state index < -0.39 is 0 Å². The van der Waals surface area contributed by atoms with E-state index in [0.29, 0.717) is 0 Å². The highest BCUT2D eigenvalue weighted by Crippen LogP contribution is 2.27. The van der Waals surface area contributed by atoms with E-state index in [2.05, 4.69) is 27.0 Å². The molecule has 1 unspecified atom stereocenters. The highest BCUT2D eigenvalue weighted by atomic mass is 16.2. The second kappa shape index (κ2) is 7.21. The van der Waals surface area contributed by atoms with Crippen molar-refractivity contribution >= 4 is 11.6 Å². The second-order valence-electron chi connectivity index (χ2n) is 6.96. The lowest BCUT2D eigenvalue weighted by atomic mass is 9.94. The van der Waals surface area contributed by atoms with E-state index in [1.54, 1.807) is 12.4 Å². The van der Waals surface area contributed by atoms with Gasteiger partial charge >= 0.3 is 0 Å². The Labute approximate surface area is 148 Å². The zero-order valence-corrected chi connectivity index (χ0v) is 14.5. The van der Waals surface area contributed by atoms with E-state index in [-0.39, 0.29) is 11.8 Å². The van der Waals surface area contributed by atoms with Crippen molar-refractivity contribution in [2.75, 3.05) is 31.1 Å². The number of carbonyl (C=O) groups excluding carboxylic acids is 1. The van der Waals surface area contributed by atoms with E-state index in [1.807, 2.05) is 23.2 Å². The molecule has 2 saturated heterocycles. The van der Waals surface area contributed by atoms with Gasteiger partial charge in [-0.15, -0.1) is 0 Å². The molecule has 4 rings (SSSR count). The van der Waals surface area contributed by atoms with Crippen molar-refractivity contribution < 1.29 is 4.79 Å². The van der Waals surface area contributed by atoms with Crippen LogP contribution in [0.15, 0.2) is 42.9 Å². The summed E-state index contributed by atoms with van der Waals surface area (Å²) in [6.07, 6.45) is 9.85. The maximum Gasteiger partial charge on any atom is 0.253 e. The van der Waals surface area contributed by atoms with Gasteiger partial charge in [0.2, 0.25) is 0 Å². The molecule has 2 aliphatic rings. The number of likely N-dealkylation sites (tertiary alicyclic amines) is 1. The third-order valence-corrected chi connectivity index (χ3v) is 5.30. The smallest absolute Gasteiger partial charge is 0.253 e. The minimum Gasteiger partial charge on any atom is -0.372 e. The lowest BCUT2D eigenvalue weighted by molar-refractivity contribution is 0.0706. The maximum absolute atomic E-state index is 12.9. The number of anilines is 1. The van der Waals surface area contributed by atoms with E-state index in [9.17, 15) is 4.79 Å². The Morgan fingerprint density at radius 3 is 2.52 bits per heavy atom. The van der Waals surface area contributed by atoms with Gasteiger partial charge in [-0.3, -0.25) is 14.8 Å². The van der Waals surface area contributed by atoms with Crippen molar-refractivity contribution in [1.82, 2.24) is 14.9 Å². The van der Waals surface area contributed by atoms with Crippen LogP contribution in [0.2, 0.25) is 0 Å². The van der Waals surface area contributed by atoms with Gasteiger partial charge in [0.15, 0.2) is 0 Å². The molecule has 2 fully saturated rings. The Kier molecular flexibility index (Phi) is 4.63. The quantitative estimate of drug-likeness (QED) is 0.864. The van der Waals surface area contributed by atoms with Gasteiger partial charge in [-0.1, -0.05) is 0 Å². The van der Waals surface area contributed by atoms with E-state index >= 15 is 0 Å². The first kappa shape index (κ1) is 16.1. The van der Waals surface area contributed by atoms with Crippen molar-refractivity contribution in [3.8, 4) is 0 Å². The van der Waals surface area contributed by atoms with Gasteiger partial charge in [0.1, 0.15) is 0 Å². The maximum atomic E-state index is 12.9. The fourth-order valence-electron chi connectivity index (χ4n) is 3.90. The van der Waals surface area contributed by atoms with Crippen LogP contribution in [0.25, 0.3) is 0 Å². The van der Waals surface area contributed by atoms with Crippen LogP contribution in [0.3, 0.4) is 0 Å². The van der Waals surface area contributed by atoms with Crippen molar-refractivity contribution in [3.63, 3.8) is 0 Å². The fourth-order valence-corrected chi connectivity index (χ4v) is 3.90. The first-order chi connectivity index (χ1) is 12.3. The molecular formula is C20H24N4O. The summed E-state index contributed by atoms with van der Waals surface area (Å²) in [7, 11) is 0. The molecule has 2 aliphatic heterocycles. The van der Waals surface area contributed by atoms with Crippen LogP contribution in [-0.2, 0) is 0 Å².